The molecular formula is C8H15N3O. The van der Waals surface area contributed by atoms with Crippen LogP contribution in [0.3, 0.4) is 0 Å². The van der Waals surface area contributed by atoms with E-state index in [2.05, 4.69) is 10.3 Å². The molecule has 0 aliphatic carbocycles. The van der Waals surface area contributed by atoms with Crippen LogP contribution in [0.4, 0.5) is 0 Å². The monoisotopic (exact) mass is 169 g/mol. The molecule has 1 heterocycles. The van der Waals surface area contributed by atoms with E-state index in [4.69, 9.17) is 0 Å². The Hall–Kier alpha value is -0.900. The largest absolute Gasteiger partial charge is 0.387 e. The molecule has 1 unspecified atom stereocenters. The van der Waals surface area contributed by atoms with Crippen molar-refractivity contribution < 1.29 is 5.11 Å². The highest BCUT2D eigenvalue weighted by molar-refractivity contribution is 4.97. The zero-order valence-corrected chi connectivity index (χ0v) is 7.73. The van der Waals surface area contributed by atoms with Crippen LogP contribution in [-0.2, 0) is 0 Å². The Balaban J connectivity index is 2.77. The van der Waals surface area contributed by atoms with Gasteiger partial charge in [0.2, 0.25) is 0 Å². The lowest BCUT2D eigenvalue weighted by molar-refractivity contribution is 0.168. The Kier molecular flexibility index (Phi) is 2.81. The fourth-order valence-electron chi connectivity index (χ4n) is 0.905. The summed E-state index contributed by atoms with van der Waals surface area (Å²) in [5.74, 6) is 0. The standard InChI is InChI=1S/C8H15N3O/c1-4-8(12)7-5-11(6(2)3)10-9-7/h5-6,8,12H,4H2,1-3H3. The Morgan fingerprint density at radius 1 is 1.58 bits per heavy atom. The Morgan fingerprint density at radius 2 is 2.25 bits per heavy atom. The predicted molar refractivity (Wildman–Crippen MR) is 45.7 cm³/mol. The molecule has 12 heavy (non-hydrogen) atoms. The van der Waals surface area contributed by atoms with E-state index in [1.807, 2.05) is 20.8 Å². The maximum atomic E-state index is 9.41. The minimum atomic E-state index is -0.475. The molecule has 0 aliphatic rings. The lowest BCUT2D eigenvalue weighted by atomic mass is 10.2. The van der Waals surface area contributed by atoms with Crippen molar-refractivity contribution in [2.24, 2.45) is 0 Å². The second-order valence-corrected chi connectivity index (χ2v) is 3.14. The van der Waals surface area contributed by atoms with Crippen LogP contribution in [0.2, 0.25) is 0 Å². The molecule has 0 aliphatic heterocycles. The third-order valence-corrected chi connectivity index (χ3v) is 1.79. The molecule has 0 bridgehead atoms. The topological polar surface area (TPSA) is 50.9 Å². The minimum absolute atomic E-state index is 0.301. The Labute approximate surface area is 72.2 Å². The van der Waals surface area contributed by atoms with Gasteiger partial charge < -0.3 is 5.11 Å². The van der Waals surface area contributed by atoms with Gasteiger partial charge in [0.25, 0.3) is 0 Å². The predicted octanol–water partition coefficient (Wildman–Crippen LogP) is 1.30. The van der Waals surface area contributed by atoms with Crippen LogP contribution in [0.25, 0.3) is 0 Å². The van der Waals surface area contributed by atoms with Gasteiger partial charge in [0.15, 0.2) is 0 Å². The van der Waals surface area contributed by atoms with Crippen molar-refractivity contribution in [3.8, 4) is 0 Å². The third-order valence-electron chi connectivity index (χ3n) is 1.79. The highest BCUT2D eigenvalue weighted by Crippen LogP contribution is 2.13. The lowest BCUT2D eigenvalue weighted by Gasteiger charge is -2.02. The Bertz CT molecular complexity index is 244. The Morgan fingerprint density at radius 3 is 2.67 bits per heavy atom. The van der Waals surface area contributed by atoms with Gasteiger partial charge in [-0.2, -0.15) is 0 Å². The van der Waals surface area contributed by atoms with Gasteiger partial charge in [-0.25, -0.2) is 4.68 Å². The van der Waals surface area contributed by atoms with Crippen LogP contribution in [0, 0.1) is 0 Å². The summed E-state index contributed by atoms with van der Waals surface area (Å²) in [5, 5.41) is 17.2. The molecule has 0 fully saturated rings. The summed E-state index contributed by atoms with van der Waals surface area (Å²) in [5.41, 5.74) is 0.659. The molecule has 4 heteroatoms. The molecule has 4 nitrogen and oxygen atoms in total. The smallest absolute Gasteiger partial charge is 0.111 e. The maximum absolute atomic E-state index is 9.41. The summed E-state index contributed by atoms with van der Waals surface area (Å²) < 4.78 is 1.74. The zero-order valence-electron chi connectivity index (χ0n) is 7.73. The lowest BCUT2D eigenvalue weighted by Crippen LogP contribution is -2.00. The fourth-order valence-corrected chi connectivity index (χ4v) is 0.905. The molecule has 68 valence electrons. The molecule has 1 rings (SSSR count). The molecule has 0 amide bonds. The molecule has 0 saturated heterocycles. The quantitative estimate of drug-likeness (QED) is 0.742. The van der Waals surface area contributed by atoms with Crippen LogP contribution >= 0.6 is 0 Å². The van der Waals surface area contributed by atoms with Gasteiger partial charge in [0, 0.05) is 6.04 Å². The van der Waals surface area contributed by atoms with E-state index in [1.165, 1.54) is 0 Å². The number of nitrogens with zero attached hydrogens (tertiary/aromatic N) is 3. The second-order valence-electron chi connectivity index (χ2n) is 3.14. The van der Waals surface area contributed by atoms with E-state index in [0.717, 1.165) is 0 Å². The van der Waals surface area contributed by atoms with E-state index in [9.17, 15) is 5.11 Å². The number of hydrogen-bond acceptors (Lipinski definition) is 3. The van der Waals surface area contributed by atoms with E-state index >= 15 is 0 Å². The van der Waals surface area contributed by atoms with Crippen LogP contribution in [0.1, 0.15) is 45.0 Å². The van der Waals surface area contributed by atoms with Crippen molar-refractivity contribution in [2.45, 2.75) is 39.3 Å². The zero-order chi connectivity index (χ0) is 9.14. The summed E-state index contributed by atoms with van der Waals surface area (Å²) in [6.07, 6.45) is 1.99. The number of hydrogen-bond donors (Lipinski definition) is 1. The first-order chi connectivity index (χ1) is 5.65. The second kappa shape index (κ2) is 3.67. The SMILES string of the molecule is CCC(O)c1cn(C(C)C)nn1. The summed E-state index contributed by atoms with van der Waals surface area (Å²) in [6.45, 7) is 5.96. The highest BCUT2D eigenvalue weighted by atomic mass is 16.3. The summed E-state index contributed by atoms with van der Waals surface area (Å²) >= 11 is 0. The number of aromatic nitrogens is 3. The van der Waals surface area contributed by atoms with Crippen LogP contribution in [0.5, 0.6) is 0 Å². The molecule has 1 aromatic rings. The van der Waals surface area contributed by atoms with Gasteiger partial charge in [-0.3, -0.25) is 0 Å². The van der Waals surface area contributed by atoms with E-state index in [-0.39, 0.29) is 0 Å². The van der Waals surface area contributed by atoms with Crippen molar-refractivity contribution in [3.63, 3.8) is 0 Å². The molecule has 1 aromatic heterocycles. The molecular weight excluding hydrogens is 154 g/mol. The number of aliphatic hydroxyl groups is 1. The third kappa shape index (κ3) is 1.82. The van der Waals surface area contributed by atoms with Crippen molar-refractivity contribution in [1.29, 1.82) is 0 Å². The van der Waals surface area contributed by atoms with Crippen molar-refractivity contribution >= 4 is 0 Å². The first-order valence-electron chi connectivity index (χ1n) is 4.25. The average Bonchev–Trinajstić information content (AvgIpc) is 2.51. The first kappa shape index (κ1) is 9.19. The van der Waals surface area contributed by atoms with E-state index in [0.29, 0.717) is 18.2 Å². The molecule has 0 saturated carbocycles. The maximum Gasteiger partial charge on any atom is 0.111 e. The van der Waals surface area contributed by atoms with Crippen molar-refractivity contribution in [3.05, 3.63) is 11.9 Å². The van der Waals surface area contributed by atoms with Crippen LogP contribution < -0.4 is 0 Å². The van der Waals surface area contributed by atoms with E-state index in [1.54, 1.807) is 10.9 Å². The summed E-state index contributed by atoms with van der Waals surface area (Å²) in [4.78, 5) is 0. The number of rotatable bonds is 3. The number of aliphatic hydroxyl groups excluding tert-OH is 1. The molecule has 0 aromatic carbocycles. The van der Waals surface area contributed by atoms with Gasteiger partial charge in [-0.15, -0.1) is 5.10 Å². The van der Waals surface area contributed by atoms with Crippen molar-refractivity contribution in [1.82, 2.24) is 15.0 Å². The molecule has 1 atom stereocenters. The van der Waals surface area contributed by atoms with E-state index < -0.39 is 6.10 Å². The molecule has 0 radical (unpaired) electrons. The average molecular weight is 169 g/mol. The first-order valence-corrected chi connectivity index (χ1v) is 4.25. The fraction of sp³-hybridized carbons (Fsp3) is 0.750. The minimum Gasteiger partial charge on any atom is -0.387 e. The normalized spacial score (nSPS) is 13.8. The van der Waals surface area contributed by atoms with Gasteiger partial charge in [-0.05, 0) is 20.3 Å². The van der Waals surface area contributed by atoms with Gasteiger partial charge >= 0.3 is 0 Å². The highest BCUT2D eigenvalue weighted by Gasteiger charge is 2.10. The molecule has 1 N–H and O–H groups in total. The van der Waals surface area contributed by atoms with Crippen molar-refractivity contribution in [2.75, 3.05) is 0 Å². The molecule has 0 spiro atoms. The van der Waals surface area contributed by atoms with Gasteiger partial charge in [0.05, 0.1) is 12.3 Å². The van der Waals surface area contributed by atoms with Gasteiger partial charge in [-0.1, -0.05) is 12.1 Å². The van der Waals surface area contributed by atoms with Crippen LogP contribution in [0.15, 0.2) is 6.20 Å². The summed E-state index contributed by atoms with van der Waals surface area (Å²) in [6, 6.07) is 0.301. The van der Waals surface area contributed by atoms with Crippen LogP contribution in [-0.4, -0.2) is 20.1 Å². The van der Waals surface area contributed by atoms with Gasteiger partial charge in [0.1, 0.15) is 5.69 Å². The summed E-state index contributed by atoms with van der Waals surface area (Å²) in [7, 11) is 0.